The number of esters is 1. The van der Waals surface area contributed by atoms with Gasteiger partial charge in [0.15, 0.2) is 28.3 Å². The van der Waals surface area contributed by atoms with Gasteiger partial charge in [-0.05, 0) is 55.8 Å². The van der Waals surface area contributed by atoms with Crippen LogP contribution in [0.4, 0.5) is 0 Å². The van der Waals surface area contributed by atoms with E-state index in [4.69, 9.17) is 73.3 Å². The molecule has 0 saturated heterocycles. The average molecular weight is 867 g/mol. The Morgan fingerprint density at radius 1 is 0.714 bits per heavy atom. The molecular formula is C36H45Cl2NO15S2. The quantitative estimate of drug-likeness (QED) is 0.0197. The summed E-state index contributed by atoms with van der Waals surface area (Å²) in [6.45, 7) is 3.31. The highest BCUT2D eigenvalue weighted by Gasteiger charge is 2.22. The molecule has 0 bridgehead atoms. The molecule has 3 aromatic carbocycles. The van der Waals surface area contributed by atoms with Crippen molar-refractivity contribution >= 4 is 55.6 Å². The molecule has 0 saturated carbocycles. The number of ether oxygens (including phenoxy) is 3. The van der Waals surface area contributed by atoms with Crippen LogP contribution in [0.1, 0.15) is 54.9 Å². The summed E-state index contributed by atoms with van der Waals surface area (Å²) >= 11 is 1.18. The van der Waals surface area contributed by atoms with Gasteiger partial charge in [-0.3, -0.25) is 4.79 Å². The standard InChI is InChI=1S/C36H45Cl2NO15S2/c1-2-3-7-12-39-13-8-9-29(40)26-50-48-18-19-49-52-34-23-28(36(41)45-25-27-20-31(53-55-37)24-32(21-27)54-56-38)22-33(51-42)35(34)44-15-17-47-46-16-14-43-30-10-5-4-6-11-30/h4-6,10-11,20-24,39,42H,2-3,7-9,12-19,25-26H2,1H3. The number of hydrogen-bond donors (Lipinski definition) is 2. The number of carbonyl (C=O) groups is 2. The van der Waals surface area contributed by atoms with Crippen molar-refractivity contribution in [3.05, 3.63) is 71.8 Å². The zero-order valence-electron chi connectivity index (χ0n) is 30.6. The number of ketones is 1. The van der Waals surface area contributed by atoms with E-state index in [1.165, 1.54) is 24.6 Å². The molecule has 310 valence electrons. The number of unbranched alkanes of at least 4 members (excludes halogenated alkanes) is 2. The van der Waals surface area contributed by atoms with E-state index in [-0.39, 0.29) is 81.5 Å². The minimum atomic E-state index is -0.838. The maximum atomic E-state index is 13.2. The fourth-order valence-corrected chi connectivity index (χ4v) is 5.31. The van der Waals surface area contributed by atoms with Gasteiger partial charge >= 0.3 is 5.97 Å². The zero-order chi connectivity index (χ0) is 40.1. The van der Waals surface area contributed by atoms with E-state index >= 15 is 0 Å². The van der Waals surface area contributed by atoms with E-state index in [2.05, 4.69) is 17.1 Å². The zero-order valence-corrected chi connectivity index (χ0v) is 33.8. The molecule has 2 N–H and O–H groups in total. The van der Waals surface area contributed by atoms with Crippen LogP contribution in [0.25, 0.3) is 0 Å². The Bertz CT molecular complexity index is 1520. The highest BCUT2D eigenvalue weighted by Crippen LogP contribution is 2.39. The molecule has 0 fully saturated rings. The van der Waals surface area contributed by atoms with Gasteiger partial charge in [0, 0.05) is 46.0 Å². The number of rotatable bonds is 33. The predicted octanol–water partition coefficient (Wildman–Crippen LogP) is 8.05. The normalized spacial score (nSPS) is 10.9. The van der Waals surface area contributed by atoms with Crippen molar-refractivity contribution in [2.45, 2.75) is 45.6 Å². The number of para-hydroxylation sites is 1. The summed E-state index contributed by atoms with van der Waals surface area (Å²) in [5, 5.41) is 13.0. The number of Topliss-reactive ketones (excluding diaryl/α,β-unsaturated/α-hetero) is 1. The monoisotopic (exact) mass is 865 g/mol. The smallest absolute Gasteiger partial charge is 0.338 e. The summed E-state index contributed by atoms with van der Waals surface area (Å²) in [4.78, 5) is 60.7. The maximum Gasteiger partial charge on any atom is 0.338 e. The number of hydrogen-bond acceptors (Lipinski definition) is 18. The number of nitrogens with one attached hydrogen (secondary N) is 1. The Morgan fingerprint density at radius 2 is 1.36 bits per heavy atom. The molecule has 20 heteroatoms. The lowest BCUT2D eigenvalue weighted by atomic mass is 10.2. The van der Waals surface area contributed by atoms with Gasteiger partial charge < -0.3 is 37.7 Å². The molecule has 0 aromatic heterocycles. The third-order valence-electron chi connectivity index (χ3n) is 7.06. The average Bonchev–Trinajstić information content (AvgIpc) is 3.20. The largest absolute Gasteiger partial charge is 0.491 e. The van der Waals surface area contributed by atoms with Crippen LogP contribution in [0.5, 0.6) is 34.5 Å². The topological polar surface area (TPSA) is 177 Å². The van der Waals surface area contributed by atoms with Crippen LogP contribution in [0.2, 0.25) is 0 Å². The van der Waals surface area contributed by atoms with Gasteiger partial charge in [-0.2, -0.15) is 4.89 Å². The van der Waals surface area contributed by atoms with Crippen LogP contribution >= 0.6 is 43.9 Å². The minimum absolute atomic E-state index is 0.0569. The highest BCUT2D eigenvalue weighted by molar-refractivity contribution is 8.17. The van der Waals surface area contributed by atoms with Crippen LogP contribution in [-0.2, 0) is 40.6 Å². The Balaban J connectivity index is 1.54. The van der Waals surface area contributed by atoms with Crippen molar-refractivity contribution < 1.29 is 71.6 Å². The highest BCUT2D eigenvalue weighted by atomic mass is 35.7. The SMILES string of the molecule is CCCCCNCCCC(=O)COOCCOOc1cc(C(=O)OCc2cc(OSCl)cc(OSCl)c2)cc(OO)c1OCCOOCCOc1ccccc1. The van der Waals surface area contributed by atoms with Gasteiger partial charge in [-0.25, -0.2) is 29.6 Å². The van der Waals surface area contributed by atoms with Crippen LogP contribution < -0.4 is 32.9 Å². The molecule has 56 heavy (non-hydrogen) atoms. The summed E-state index contributed by atoms with van der Waals surface area (Å²) in [5.74, 6) is -0.245. The van der Waals surface area contributed by atoms with E-state index in [9.17, 15) is 14.8 Å². The lowest BCUT2D eigenvalue weighted by molar-refractivity contribution is -0.311. The Hall–Kier alpha value is -3.40. The first-order chi connectivity index (χ1) is 27.5. The summed E-state index contributed by atoms with van der Waals surface area (Å²) in [6.07, 6.45) is 4.50. The van der Waals surface area contributed by atoms with Gasteiger partial charge in [0.05, 0.1) is 5.56 Å². The second-order valence-electron chi connectivity index (χ2n) is 11.3. The van der Waals surface area contributed by atoms with Crippen molar-refractivity contribution in [2.24, 2.45) is 0 Å². The Labute approximate surface area is 342 Å². The van der Waals surface area contributed by atoms with E-state index in [0.717, 1.165) is 25.9 Å². The fourth-order valence-electron chi connectivity index (χ4n) is 4.53. The lowest BCUT2D eigenvalue weighted by Gasteiger charge is -2.15. The van der Waals surface area contributed by atoms with Crippen molar-refractivity contribution in [1.82, 2.24) is 5.32 Å². The maximum absolute atomic E-state index is 13.2. The van der Waals surface area contributed by atoms with E-state index in [0.29, 0.717) is 58.2 Å². The van der Waals surface area contributed by atoms with Crippen LogP contribution in [0.3, 0.4) is 0 Å². The van der Waals surface area contributed by atoms with E-state index in [1.807, 2.05) is 30.3 Å². The first-order valence-electron chi connectivity index (χ1n) is 17.5. The van der Waals surface area contributed by atoms with Crippen molar-refractivity contribution in [3.8, 4) is 34.5 Å². The van der Waals surface area contributed by atoms with E-state index in [1.54, 1.807) is 12.1 Å². The molecule has 0 heterocycles. The first-order valence-corrected chi connectivity index (χ1v) is 20.6. The summed E-state index contributed by atoms with van der Waals surface area (Å²) in [7, 11) is 11.2. The predicted molar refractivity (Wildman–Crippen MR) is 208 cm³/mol. The van der Waals surface area contributed by atoms with Crippen LogP contribution in [-0.4, -0.2) is 76.3 Å². The van der Waals surface area contributed by atoms with Crippen LogP contribution in [0.15, 0.2) is 60.7 Å². The van der Waals surface area contributed by atoms with Gasteiger partial charge in [0.1, 0.15) is 70.1 Å². The molecule has 3 rings (SSSR count). The Morgan fingerprint density at radius 3 is 2.05 bits per heavy atom. The molecule has 0 atom stereocenters. The molecular weight excluding hydrogens is 821 g/mol. The number of carbonyl (C=O) groups excluding carboxylic acids is 2. The molecule has 0 aliphatic rings. The van der Waals surface area contributed by atoms with Gasteiger partial charge in [-0.1, -0.05) is 38.0 Å². The summed E-state index contributed by atoms with van der Waals surface area (Å²) < 4.78 is 27.2. The second-order valence-corrected chi connectivity index (χ2v) is 12.7. The molecule has 0 amide bonds. The van der Waals surface area contributed by atoms with Gasteiger partial charge in [-0.15, -0.1) is 0 Å². The van der Waals surface area contributed by atoms with Crippen molar-refractivity contribution in [2.75, 3.05) is 59.3 Å². The molecule has 0 radical (unpaired) electrons. The lowest BCUT2D eigenvalue weighted by Crippen LogP contribution is -2.19. The molecule has 0 aliphatic carbocycles. The number of benzene rings is 3. The summed E-state index contributed by atoms with van der Waals surface area (Å²) in [6, 6.07) is 16.3. The van der Waals surface area contributed by atoms with Crippen molar-refractivity contribution in [1.29, 1.82) is 0 Å². The number of halogens is 2. The Kier molecular flexibility index (Phi) is 25.0. The second kappa shape index (κ2) is 29.8. The van der Waals surface area contributed by atoms with Gasteiger partial charge in [0.25, 0.3) is 0 Å². The third kappa shape index (κ3) is 19.6. The molecule has 16 nitrogen and oxygen atoms in total. The third-order valence-corrected chi connectivity index (χ3v) is 7.95. The molecule has 0 unspecified atom stereocenters. The fraction of sp³-hybridized carbons (Fsp3) is 0.444. The minimum Gasteiger partial charge on any atom is -0.491 e. The first kappa shape index (κ1) is 47.0. The van der Waals surface area contributed by atoms with E-state index < -0.39 is 5.97 Å². The molecule has 0 aliphatic heterocycles. The summed E-state index contributed by atoms with van der Waals surface area (Å²) in [5.41, 5.74) is 0.372. The molecule has 3 aromatic rings. The van der Waals surface area contributed by atoms with Crippen molar-refractivity contribution in [3.63, 3.8) is 0 Å². The molecule has 0 spiro atoms. The van der Waals surface area contributed by atoms with Crippen LogP contribution in [0, 0.1) is 0 Å². The van der Waals surface area contributed by atoms with Gasteiger partial charge in [0.2, 0.25) is 17.2 Å².